The van der Waals surface area contributed by atoms with E-state index in [1.165, 1.54) is 6.07 Å². The second-order valence-corrected chi connectivity index (χ2v) is 4.39. The van der Waals surface area contributed by atoms with E-state index in [9.17, 15) is 9.90 Å². The second-order valence-electron chi connectivity index (χ2n) is 2.83. The van der Waals surface area contributed by atoms with Crippen LogP contribution in [-0.4, -0.2) is 21.2 Å². The molecular weight excluding hydrogens is 250 g/mol. The smallest absolute Gasteiger partial charge is 0.286 e. The van der Waals surface area contributed by atoms with Crippen LogP contribution in [0.1, 0.15) is 9.80 Å². The van der Waals surface area contributed by atoms with Crippen molar-refractivity contribution in [3.63, 3.8) is 0 Å². The van der Waals surface area contributed by atoms with Gasteiger partial charge in [-0.1, -0.05) is 23.5 Å². The summed E-state index contributed by atoms with van der Waals surface area (Å²) >= 11 is 6.52. The number of para-hydroxylation sites is 2. The SMILES string of the molecule is O=C(Nc1ccccc1O)c1nnc(Cl)s1. The molecular formula is C9H6ClN3O2S. The zero-order valence-electron chi connectivity index (χ0n) is 7.85. The molecule has 7 heteroatoms. The first-order valence-corrected chi connectivity index (χ1v) is 5.44. The number of hydrogen-bond acceptors (Lipinski definition) is 5. The van der Waals surface area contributed by atoms with Gasteiger partial charge in [-0.2, -0.15) is 0 Å². The number of carbonyl (C=O) groups excluding carboxylic acids is 1. The first-order chi connectivity index (χ1) is 7.66. The number of nitrogens with one attached hydrogen (secondary N) is 1. The third kappa shape index (κ3) is 2.29. The van der Waals surface area contributed by atoms with Gasteiger partial charge in [-0.25, -0.2) is 0 Å². The lowest BCUT2D eigenvalue weighted by Crippen LogP contribution is -2.11. The van der Waals surface area contributed by atoms with Gasteiger partial charge in [0.05, 0.1) is 5.69 Å². The lowest BCUT2D eigenvalue weighted by molar-refractivity contribution is 0.102. The van der Waals surface area contributed by atoms with Crippen LogP contribution in [0.3, 0.4) is 0 Å². The molecule has 0 unspecified atom stereocenters. The highest BCUT2D eigenvalue weighted by Crippen LogP contribution is 2.23. The third-order valence-electron chi connectivity index (χ3n) is 1.75. The number of benzene rings is 1. The van der Waals surface area contributed by atoms with Crippen molar-refractivity contribution in [1.82, 2.24) is 10.2 Å². The fourth-order valence-corrected chi connectivity index (χ4v) is 1.78. The van der Waals surface area contributed by atoms with E-state index in [2.05, 4.69) is 15.5 Å². The van der Waals surface area contributed by atoms with Crippen molar-refractivity contribution in [2.45, 2.75) is 0 Å². The maximum absolute atomic E-state index is 11.6. The highest BCUT2D eigenvalue weighted by Gasteiger charge is 2.13. The highest BCUT2D eigenvalue weighted by molar-refractivity contribution is 7.17. The van der Waals surface area contributed by atoms with Gasteiger partial charge >= 0.3 is 0 Å². The summed E-state index contributed by atoms with van der Waals surface area (Å²) < 4.78 is 0.197. The summed E-state index contributed by atoms with van der Waals surface area (Å²) in [5, 5.41) is 19.2. The Kier molecular flexibility index (Phi) is 3.02. The number of aromatic hydroxyl groups is 1. The lowest BCUT2D eigenvalue weighted by Gasteiger charge is -2.03. The first kappa shape index (κ1) is 10.8. The number of carbonyl (C=O) groups is 1. The number of aromatic nitrogens is 2. The fourth-order valence-electron chi connectivity index (χ4n) is 1.05. The molecule has 82 valence electrons. The van der Waals surface area contributed by atoms with Crippen LogP contribution in [0.4, 0.5) is 5.69 Å². The molecule has 0 saturated carbocycles. The average Bonchev–Trinajstić information content (AvgIpc) is 2.68. The minimum Gasteiger partial charge on any atom is -0.506 e. The number of hydrogen-bond donors (Lipinski definition) is 2. The molecule has 1 aromatic carbocycles. The van der Waals surface area contributed by atoms with Crippen molar-refractivity contribution in [2.24, 2.45) is 0 Å². The van der Waals surface area contributed by atoms with Gasteiger partial charge in [0.1, 0.15) is 5.75 Å². The van der Waals surface area contributed by atoms with E-state index < -0.39 is 5.91 Å². The third-order valence-corrected chi connectivity index (χ3v) is 2.76. The largest absolute Gasteiger partial charge is 0.506 e. The molecule has 1 heterocycles. The second kappa shape index (κ2) is 4.46. The summed E-state index contributed by atoms with van der Waals surface area (Å²) in [5.41, 5.74) is 0.318. The summed E-state index contributed by atoms with van der Waals surface area (Å²) in [4.78, 5) is 11.6. The predicted octanol–water partition coefficient (Wildman–Crippen LogP) is 2.15. The molecule has 16 heavy (non-hydrogen) atoms. The molecule has 0 aliphatic carbocycles. The Hall–Kier alpha value is -1.66. The van der Waals surface area contributed by atoms with Gasteiger partial charge in [-0.3, -0.25) is 4.79 Å². The summed E-state index contributed by atoms with van der Waals surface area (Å²) in [5.74, 6) is -0.461. The lowest BCUT2D eigenvalue weighted by atomic mass is 10.3. The van der Waals surface area contributed by atoms with Crippen LogP contribution in [-0.2, 0) is 0 Å². The number of phenols is 1. The van der Waals surface area contributed by atoms with Gasteiger partial charge in [0, 0.05) is 0 Å². The van der Waals surface area contributed by atoms with Crippen LogP contribution in [0, 0.1) is 0 Å². The normalized spacial score (nSPS) is 10.1. The molecule has 1 aromatic heterocycles. The van der Waals surface area contributed by atoms with Gasteiger partial charge in [-0.15, -0.1) is 10.2 Å². The number of rotatable bonds is 2. The van der Waals surface area contributed by atoms with E-state index in [0.29, 0.717) is 5.69 Å². The Bertz CT molecular complexity index is 529. The summed E-state index contributed by atoms with van der Waals surface area (Å²) in [6.45, 7) is 0. The molecule has 1 amide bonds. The fraction of sp³-hybridized carbons (Fsp3) is 0. The van der Waals surface area contributed by atoms with Gasteiger partial charge in [0.25, 0.3) is 5.91 Å². The van der Waals surface area contributed by atoms with Crippen LogP contribution in [0.2, 0.25) is 4.47 Å². The van der Waals surface area contributed by atoms with E-state index in [1.807, 2.05) is 0 Å². The van der Waals surface area contributed by atoms with Gasteiger partial charge < -0.3 is 10.4 Å². The Morgan fingerprint density at radius 2 is 2.12 bits per heavy atom. The van der Waals surface area contributed by atoms with Crippen molar-refractivity contribution in [1.29, 1.82) is 0 Å². The Morgan fingerprint density at radius 3 is 2.75 bits per heavy atom. The van der Waals surface area contributed by atoms with Crippen LogP contribution < -0.4 is 5.32 Å². The Morgan fingerprint density at radius 1 is 1.38 bits per heavy atom. The van der Waals surface area contributed by atoms with Gasteiger partial charge in [0.2, 0.25) is 9.47 Å². The van der Waals surface area contributed by atoms with E-state index >= 15 is 0 Å². The van der Waals surface area contributed by atoms with Gasteiger partial charge in [-0.05, 0) is 23.7 Å². The molecule has 0 aliphatic rings. The van der Waals surface area contributed by atoms with Crippen LogP contribution in [0.5, 0.6) is 5.75 Å². The maximum atomic E-state index is 11.6. The number of halogens is 1. The monoisotopic (exact) mass is 255 g/mol. The molecule has 0 radical (unpaired) electrons. The number of phenolic OH excluding ortho intramolecular Hbond substituents is 1. The minimum atomic E-state index is -0.453. The van der Waals surface area contributed by atoms with Crippen molar-refractivity contribution in [3.8, 4) is 5.75 Å². The van der Waals surface area contributed by atoms with Crippen molar-refractivity contribution in [2.75, 3.05) is 5.32 Å². The molecule has 5 nitrogen and oxygen atoms in total. The minimum absolute atomic E-state index is 0.00791. The van der Waals surface area contributed by atoms with E-state index in [0.717, 1.165) is 11.3 Å². The highest BCUT2D eigenvalue weighted by atomic mass is 35.5. The predicted molar refractivity (Wildman–Crippen MR) is 61.0 cm³/mol. The molecule has 0 bridgehead atoms. The van der Waals surface area contributed by atoms with Crippen molar-refractivity contribution >= 4 is 34.5 Å². The van der Waals surface area contributed by atoms with Gasteiger partial charge in [0.15, 0.2) is 0 Å². The molecule has 2 N–H and O–H groups in total. The van der Waals surface area contributed by atoms with Crippen LogP contribution in [0.25, 0.3) is 0 Å². The number of nitrogens with zero attached hydrogens (tertiary/aromatic N) is 2. The molecule has 0 spiro atoms. The average molecular weight is 256 g/mol. The molecule has 0 aliphatic heterocycles. The summed E-state index contributed by atoms with van der Waals surface area (Å²) in [7, 11) is 0. The molecule has 2 aromatic rings. The summed E-state index contributed by atoms with van der Waals surface area (Å²) in [6, 6.07) is 6.41. The van der Waals surface area contributed by atoms with E-state index in [-0.39, 0.29) is 15.2 Å². The van der Waals surface area contributed by atoms with Crippen LogP contribution >= 0.6 is 22.9 Å². The van der Waals surface area contributed by atoms with Crippen LogP contribution in [0.15, 0.2) is 24.3 Å². The summed E-state index contributed by atoms with van der Waals surface area (Å²) in [6.07, 6.45) is 0. The number of amides is 1. The molecule has 0 atom stereocenters. The molecule has 0 saturated heterocycles. The standard InChI is InChI=1S/C9H6ClN3O2S/c10-9-13-12-8(16-9)7(15)11-5-3-1-2-4-6(5)14/h1-4,14H,(H,11,15). The van der Waals surface area contributed by atoms with E-state index in [1.54, 1.807) is 18.2 Å². The van der Waals surface area contributed by atoms with Crippen molar-refractivity contribution in [3.05, 3.63) is 33.7 Å². The number of anilines is 1. The molecule has 2 rings (SSSR count). The first-order valence-electron chi connectivity index (χ1n) is 4.25. The quantitative estimate of drug-likeness (QED) is 0.807. The Balaban J connectivity index is 2.17. The maximum Gasteiger partial charge on any atom is 0.286 e. The van der Waals surface area contributed by atoms with Crippen molar-refractivity contribution < 1.29 is 9.90 Å². The van der Waals surface area contributed by atoms with E-state index in [4.69, 9.17) is 11.6 Å². The topological polar surface area (TPSA) is 75.1 Å². The zero-order chi connectivity index (χ0) is 11.5. The molecule has 0 fully saturated rings. The Labute approximate surface area is 99.7 Å². The zero-order valence-corrected chi connectivity index (χ0v) is 9.42.